The van der Waals surface area contributed by atoms with E-state index < -0.39 is 0 Å². The number of benzene rings is 1. The van der Waals surface area contributed by atoms with Crippen molar-refractivity contribution in [2.24, 2.45) is 7.05 Å². The Morgan fingerprint density at radius 1 is 1.21 bits per heavy atom. The summed E-state index contributed by atoms with van der Waals surface area (Å²) in [5.41, 5.74) is 4.94. The Bertz CT molecular complexity index is 943. The minimum absolute atomic E-state index is 0.210. The van der Waals surface area contributed by atoms with Gasteiger partial charge in [0.2, 0.25) is 0 Å². The number of rotatable bonds is 8. The molecule has 0 bridgehead atoms. The molecule has 8 nitrogen and oxygen atoms in total. The summed E-state index contributed by atoms with van der Waals surface area (Å²) in [6, 6.07) is 9.34. The van der Waals surface area contributed by atoms with Gasteiger partial charge in [-0.1, -0.05) is 12.1 Å². The number of nitrogens with zero attached hydrogens (tertiary/aromatic N) is 3. The summed E-state index contributed by atoms with van der Waals surface area (Å²) in [6.07, 6.45) is 0. The minimum atomic E-state index is -0.210. The van der Waals surface area contributed by atoms with E-state index in [0.29, 0.717) is 31.1 Å². The lowest BCUT2D eigenvalue weighted by Gasteiger charge is -2.07. The quantitative estimate of drug-likeness (QED) is 0.583. The lowest BCUT2D eigenvalue weighted by molar-refractivity contribution is 0.0946. The lowest BCUT2D eigenvalue weighted by Crippen LogP contribution is -2.23. The van der Waals surface area contributed by atoms with Gasteiger partial charge in [0.05, 0.1) is 18.0 Å². The largest absolute Gasteiger partial charge is 0.491 e. The third kappa shape index (κ3) is 4.40. The maximum absolute atomic E-state index is 12.4. The van der Waals surface area contributed by atoms with Crippen LogP contribution in [-0.4, -0.2) is 46.2 Å². The first-order valence-electron chi connectivity index (χ1n) is 9.04. The van der Waals surface area contributed by atoms with E-state index in [9.17, 15) is 4.79 Å². The van der Waals surface area contributed by atoms with E-state index >= 15 is 0 Å². The molecule has 3 aromatic rings. The zero-order chi connectivity index (χ0) is 20.1. The van der Waals surface area contributed by atoms with Crippen LogP contribution in [0.25, 0.3) is 11.3 Å². The summed E-state index contributed by atoms with van der Waals surface area (Å²) < 4.78 is 12.3. The van der Waals surface area contributed by atoms with Gasteiger partial charge in [-0.15, -0.1) is 0 Å². The van der Waals surface area contributed by atoms with Crippen molar-refractivity contribution in [3.8, 4) is 17.0 Å². The van der Waals surface area contributed by atoms with E-state index in [1.165, 1.54) is 0 Å². The summed E-state index contributed by atoms with van der Waals surface area (Å²) in [5.74, 6) is 0.561. The number of H-pyrrole nitrogens is 1. The molecule has 0 saturated heterocycles. The van der Waals surface area contributed by atoms with E-state index in [1.807, 2.05) is 49.8 Å². The molecule has 0 aliphatic rings. The highest BCUT2D eigenvalue weighted by atomic mass is 16.5. The van der Waals surface area contributed by atoms with E-state index in [1.54, 1.807) is 13.2 Å². The van der Waals surface area contributed by atoms with Gasteiger partial charge in [-0.3, -0.25) is 14.6 Å². The first-order chi connectivity index (χ1) is 13.5. The molecular formula is C20H25N5O3. The van der Waals surface area contributed by atoms with E-state index in [2.05, 4.69) is 20.6 Å². The van der Waals surface area contributed by atoms with Crippen LogP contribution in [0, 0.1) is 13.8 Å². The first kappa shape index (κ1) is 19.6. The first-order valence-corrected chi connectivity index (χ1v) is 9.04. The molecule has 0 fully saturated rings. The molecule has 0 aliphatic carbocycles. The molecule has 0 saturated carbocycles. The van der Waals surface area contributed by atoms with Gasteiger partial charge in [0.1, 0.15) is 18.1 Å². The number of hydrogen-bond donors (Lipinski definition) is 2. The number of carbonyl (C=O) groups excluding carboxylic acids is 1. The Morgan fingerprint density at radius 3 is 2.61 bits per heavy atom. The van der Waals surface area contributed by atoms with Gasteiger partial charge >= 0.3 is 0 Å². The van der Waals surface area contributed by atoms with Crippen LogP contribution >= 0.6 is 0 Å². The second-order valence-electron chi connectivity index (χ2n) is 6.50. The molecule has 3 rings (SSSR count). The average molecular weight is 383 g/mol. The van der Waals surface area contributed by atoms with Crippen molar-refractivity contribution < 1.29 is 14.3 Å². The summed E-state index contributed by atoms with van der Waals surface area (Å²) in [7, 11) is 3.52. The Labute approximate surface area is 163 Å². The molecule has 0 aliphatic heterocycles. The van der Waals surface area contributed by atoms with Gasteiger partial charge < -0.3 is 14.8 Å². The van der Waals surface area contributed by atoms with Crippen molar-refractivity contribution in [3.63, 3.8) is 0 Å². The molecule has 2 heterocycles. The standard InChI is InChI=1S/C20H25N5O3/c1-13-19(14(2)25(3)24-13)17-11-18(23-22-17)20(26)21-12-15-5-7-16(8-6-15)28-10-9-27-4/h5-8,11H,9-10,12H2,1-4H3,(H,21,26)(H,22,23). The van der Waals surface area contributed by atoms with Crippen molar-refractivity contribution in [2.75, 3.05) is 20.3 Å². The topological polar surface area (TPSA) is 94.1 Å². The van der Waals surface area contributed by atoms with Gasteiger partial charge in [-0.2, -0.15) is 10.2 Å². The zero-order valence-electron chi connectivity index (χ0n) is 16.6. The SMILES string of the molecule is COCCOc1ccc(CNC(=O)c2cc(-c3c(C)nn(C)c3C)n[nH]2)cc1. The maximum atomic E-state index is 12.4. The van der Waals surface area contributed by atoms with Crippen molar-refractivity contribution in [1.82, 2.24) is 25.3 Å². The van der Waals surface area contributed by atoms with Crippen LogP contribution in [0.1, 0.15) is 27.4 Å². The van der Waals surface area contributed by atoms with Gasteiger partial charge in [-0.25, -0.2) is 0 Å². The van der Waals surface area contributed by atoms with Crippen molar-refractivity contribution >= 4 is 5.91 Å². The second kappa shape index (κ2) is 8.71. The average Bonchev–Trinajstić information content (AvgIpc) is 3.25. The summed E-state index contributed by atoms with van der Waals surface area (Å²) in [4.78, 5) is 12.4. The Hall–Kier alpha value is -3.13. The molecule has 0 unspecified atom stereocenters. The number of nitrogens with one attached hydrogen (secondary N) is 2. The fourth-order valence-electron chi connectivity index (χ4n) is 2.93. The van der Waals surface area contributed by atoms with E-state index in [-0.39, 0.29) is 5.91 Å². The second-order valence-corrected chi connectivity index (χ2v) is 6.50. The highest BCUT2D eigenvalue weighted by Gasteiger charge is 2.17. The molecule has 8 heteroatoms. The maximum Gasteiger partial charge on any atom is 0.269 e. The number of aromatic amines is 1. The predicted molar refractivity (Wildman–Crippen MR) is 105 cm³/mol. The molecule has 2 aromatic heterocycles. The number of amides is 1. The van der Waals surface area contributed by atoms with Crippen molar-refractivity contribution in [3.05, 3.63) is 53.0 Å². The number of hydrogen-bond acceptors (Lipinski definition) is 5. The minimum Gasteiger partial charge on any atom is -0.491 e. The summed E-state index contributed by atoms with van der Waals surface area (Å²) in [5, 5.41) is 14.4. The number of carbonyl (C=O) groups is 1. The van der Waals surface area contributed by atoms with Gasteiger partial charge in [0, 0.05) is 32.0 Å². The van der Waals surface area contributed by atoms with Crippen LogP contribution < -0.4 is 10.1 Å². The van der Waals surface area contributed by atoms with Crippen LogP contribution in [-0.2, 0) is 18.3 Å². The molecular weight excluding hydrogens is 358 g/mol. The van der Waals surface area contributed by atoms with E-state index in [0.717, 1.165) is 28.3 Å². The Kier molecular flexibility index (Phi) is 6.10. The zero-order valence-corrected chi connectivity index (χ0v) is 16.6. The third-order valence-electron chi connectivity index (χ3n) is 4.52. The van der Waals surface area contributed by atoms with Gasteiger partial charge in [-0.05, 0) is 37.6 Å². The monoisotopic (exact) mass is 383 g/mol. The molecule has 0 radical (unpaired) electrons. The Morgan fingerprint density at radius 2 is 1.96 bits per heavy atom. The number of ether oxygens (including phenoxy) is 2. The number of aromatic nitrogens is 4. The van der Waals surface area contributed by atoms with E-state index in [4.69, 9.17) is 9.47 Å². The molecule has 1 aromatic carbocycles. The third-order valence-corrected chi connectivity index (χ3v) is 4.52. The normalized spacial score (nSPS) is 10.9. The molecule has 28 heavy (non-hydrogen) atoms. The van der Waals surface area contributed by atoms with Crippen molar-refractivity contribution in [2.45, 2.75) is 20.4 Å². The van der Waals surface area contributed by atoms with Gasteiger partial charge in [0.25, 0.3) is 5.91 Å². The smallest absolute Gasteiger partial charge is 0.269 e. The Balaban J connectivity index is 1.59. The summed E-state index contributed by atoms with van der Waals surface area (Å²) in [6.45, 7) is 5.37. The lowest BCUT2D eigenvalue weighted by atomic mass is 10.1. The predicted octanol–water partition coefficient (Wildman–Crippen LogP) is 2.38. The highest BCUT2D eigenvalue weighted by molar-refractivity contribution is 5.93. The molecule has 1 amide bonds. The summed E-state index contributed by atoms with van der Waals surface area (Å²) >= 11 is 0. The molecule has 0 atom stereocenters. The molecule has 2 N–H and O–H groups in total. The van der Waals surface area contributed by atoms with Crippen molar-refractivity contribution in [1.29, 1.82) is 0 Å². The fourth-order valence-corrected chi connectivity index (χ4v) is 2.93. The van der Waals surface area contributed by atoms with Crippen LogP contribution in [0.15, 0.2) is 30.3 Å². The van der Waals surface area contributed by atoms with Crippen LogP contribution in [0.4, 0.5) is 0 Å². The van der Waals surface area contributed by atoms with Crippen LogP contribution in [0.2, 0.25) is 0 Å². The number of aryl methyl sites for hydroxylation is 2. The van der Waals surface area contributed by atoms with Gasteiger partial charge in [0.15, 0.2) is 0 Å². The van der Waals surface area contributed by atoms with Crippen LogP contribution in [0.3, 0.4) is 0 Å². The number of methoxy groups -OCH3 is 1. The highest BCUT2D eigenvalue weighted by Crippen LogP contribution is 2.25. The van der Waals surface area contributed by atoms with Crippen LogP contribution in [0.5, 0.6) is 5.75 Å². The molecule has 148 valence electrons. The fraction of sp³-hybridized carbons (Fsp3) is 0.350. The molecule has 0 spiro atoms.